The van der Waals surface area contributed by atoms with Crippen LogP contribution in [0.25, 0.3) is 16.2 Å². The highest BCUT2D eigenvalue weighted by molar-refractivity contribution is 7.17. The van der Waals surface area contributed by atoms with Crippen LogP contribution in [0.3, 0.4) is 0 Å². The Labute approximate surface area is 99.1 Å². The van der Waals surface area contributed by atoms with E-state index < -0.39 is 0 Å². The van der Waals surface area contributed by atoms with Crippen molar-refractivity contribution in [2.24, 2.45) is 10.9 Å². The van der Waals surface area contributed by atoms with Gasteiger partial charge in [-0.25, -0.2) is 0 Å². The van der Waals surface area contributed by atoms with Crippen molar-refractivity contribution in [2.45, 2.75) is 13.8 Å². The van der Waals surface area contributed by atoms with E-state index in [-0.39, 0.29) is 0 Å². The molecule has 0 N–H and O–H groups in total. The molecule has 2 heterocycles. The van der Waals surface area contributed by atoms with Crippen LogP contribution in [0.1, 0.15) is 25.0 Å². The van der Waals surface area contributed by atoms with Crippen LogP contribution in [0.15, 0.2) is 34.3 Å². The standard InChI is InChI=1S/C14H13NS/c1-9(2)12-6-10-4-3-5-13-14(10)11(7-15-12)8-16-13/h3-9H,1-2H3. The molecule has 1 nitrogen and oxygen atoms in total. The van der Waals surface area contributed by atoms with E-state index in [0.717, 1.165) is 5.70 Å². The molecule has 0 unspecified atom stereocenters. The fraction of sp³-hybridized carbons (Fsp3) is 0.214. The Kier molecular flexibility index (Phi) is 2.18. The third-order valence-corrected chi connectivity index (χ3v) is 3.87. The molecule has 0 aliphatic carbocycles. The van der Waals surface area contributed by atoms with E-state index in [1.54, 1.807) is 11.3 Å². The molecule has 2 heteroatoms. The van der Waals surface area contributed by atoms with Crippen molar-refractivity contribution >= 4 is 33.7 Å². The topological polar surface area (TPSA) is 12.4 Å². The SMILES string of the molecule is CC(C)C1=Cc2cccc3scc(c23)C=N1. The molecule has 0 fully saturated rings. The summed E-state index contributed by atoms with van der Waals surface area (Å²) >= 11 is 1.79. The average molecular weight is 227 g/mol. The monoisotopic (exact) mass is 227 g/mol. The van der Waals surface area contributed by atoms with Crippen molar-refractivity contribution < 1.29 is 0 Å². The van der Waals surface area contributed by atoms with Gasteiger partial charge in [-0.2, -0.15) is 0 Å². The highest BCUT2D eigenvalue weighted by Crippen LogP contribution is 2.32. The first kappa shape index (κ1) is 9.79. The summed E-state index contributed by atoms with van der Waals surface area (Å²) in [5.41, 5.74) is 3.71. The molecular formula is C14H13NS. The summed E-state index contributed by atoms with van der Waals surface area (Å²) in [5.74, 6) is 0.471. The summed E-state index contributed by atoms with van der Waals surface area (Å²) in [4.78, 5) is 4.58. The minimum atomic E-state index is 0.471. The van der Waals surface area contributed by atoms with Gasteiger partial charge in [0.2, 0.25) is 0 Å². The molecule has 1 aliphatic rings. The quantitative estimate of drug-likeness (QED) is 0.687. The molecule has 16 heavy (non-hydrogen) atoms. The molecule has 80 valence electrons. The lowest BCUT2D eigenvalue weighted by Crippen LogP contribution is -1.89. The van der Waals surface area contributed by atoms with Crippen molar-refractivity contribution in [1.82, 2.24) is 0 Å². The maximum Gasteiger partial charge on any atom is 0.0435 e. The highest BCUT2D eigenvalue weighted by atomic mass is 32.1. The largest absolute Gasteiger partial charge is 0.260 e. The number of allylic oxidation sites excluding steroid dienone is 1. The van der Waals surface area contributed by atoms with Crippen molar-refractivity contribution in [3.8, 4) is 0 Å². The molecule has 0 amide bonds. The fourth-order valence-corrected chi connectivity index (χ4v) is 2.96. The van der Waals surface area contributed by atoms with Crippen molar-refractivity contribution in [3.63, 3.8) is 0 Å². The first-order valence-electron chi connectivity index (χ1n) is 5.51. The molecule has 0 radical (unpaired) electrons. The van der Waals surface area contributed by atoms with Crippen LogP contribution >= 0.6 is 11.3 Å². The third kappa shape index (κ3) is 1.41. The summed E-state index contributed by atoms with van der Waals surface area (Å²) in [7, 11) is 0. The molecule has 0 saturated heterocycles. The third-order valence-electron chi connectivity index (χ3n) is 2.91. The van der Waals surface area contributed by atoms with Crippen LogP contribution < -0.4 is 0 Å². The number of benzene rings is 1. The van der Waals surface area contributed by atoms with Gasteiger partial charge in [-0.05, 0) is 23.6 Å². The predicted molar refractivity (Wildman–Crippen MR) is 72.2 cm³/mol. The molecule has 3 rings (SSSR count). The molecule has 1 aromatic carbocycles. The summed E-state index contributed by atoms with van der Waals surface area (Å²) in [6.07, 6.45) is 4.22. The number of hydrogen-bond donors (Lipinski definition) is 0. The Hall–Kier alpha value is -1.41. The highest BCUT2D eigenvalue weighted by Gasteiger charge is 2.11. The van der Waals surface area contributed by atoms with Gasteiger partial charge in [-0.1, -0.05) is 26.0 Å². The Morgan fingerprint density at radius 2 is 2.06 bits per heavy atom. The van der Waals surface area contributed by atoms with Crippen LogP contribution in [0, 0.1) is 5.92 Å². The number of rotatable bonds is 1. The van der Waals surface area contributed by atoms with Crippen LogP contribution in [0.5, 0.6) is 0 Å². The lowest BCUT2D eigenvalue weighted by atomic mass is 10.0. The van der Waals surface area contributed by atoms with E-state index in [0.29, 0.717) is 5.92 Å². The lowest BCUT2D eigenvalue weighted by Gasteiger charge is -2.04. The van der Waals surface area contributed by atoms with Gasteiger partial charge in [0.1, 0.15) is 0 Å². The molecule has 1 aromatic heterocycles. The van der Waals surface area contributed by atoms with E-state index in [1.165, 1.54) is 21.2 Å². The second-order valence-corrected chi connectivity index (χ2v) is 5.30. The Morgan fingerprint density at radius 3 is 2.88 bits per heavy atom. The summed E-state index contributed by atoms with van der Waals surface area (Å²) < 4.78 is 1.35. The molecular weight excluding hydrogens is 214 g/mol. The number of hydrogen-bond acceptors (Lipinski definition) is 2. The molecule has 0 bridgehead atoms. The van der Waals surface area contributed by atoms with E-state index >= 15 is 0 Å². The van der Waals surface area contributed by atoms with Crippen LogP contribution in [-0.2, 0) is 0 Å². The molecule has 0 saturated carbocycles. The molecule has 1 aliphatic heterocycles. The Morgan fingerprint density at radius 1 is 1.19 bits per heavy atom. The van der Waals surface area contributed by atoms with Crippen molar-refractivity contribution in [1.29, 1.82) is 0 Å². The van der Waals surface area contributed by atoms with Crippen molar-refractivity contribution in [2.75, 3.05) is 0 Å². The first-order valence-corrected chi connectivity index (χ1v) is 6.39. The molecule has 0 spiro atoms. The van der Waals surface area contributed by atoms with E-state index in [4.69, 9.17) is 0 Å². The number of nitrogens with zero attached hydrogens (tertiary/aromatic N) is 1. The number of thiophene rings is 1. The van der Waals surface area contributed by atoms with Gasteiger partial charge in [0, 0.05) is 32.9 Å². The minimum Gasteiger partial charge on any atom is -0.260 e. The maximum absolute atomic E-state index is 4.58. The van der Waals surface area contributed by atoms with E-state index in [1.807, 2.05) is 6.21 Å². The van der Waals surface area contributed by atoms with Gasteiger partial charge in [0.15, 0.2) is 0 Å². The Balaban J connectivity index is 2.33. The molecule has 2 aromatic rings. The van der Waals surface area contributed by atoms with Crippen LogP contribution in [0.4, 0.5) is 0 Å². The minimum absolute atomic E-state index is 0.471. The van der Waals surface area contributed by atoms with Crippen LogP contribution in [-0.4, -0.2) is 6.21 Å². The second-order valence-electron chi connectivity index (χ2n) is 4.39. The van der Waals surface area contributed by atoms with Crippen molar-refractivity contribution in [3.05, 3.63) is 40.4 Å². The lowest BCUT2D eigenvalue weighted by molar-refractivity contribution is 0.766. The van der Waals surface area contributed by atoms with Gasteiger partial charge in [-0.15, -0.1) is 11.3 Å². The zero-order chi connectivity index (χ0) is 11.1. The first-order chi connectivity index (χ1) is 7.75. The summed E-state index contributed by atoms with van der Waals surface area (Å²) in [6.45, 7) is 4.36. The second kappa shape index (κ2) is 3.56. The van der Waals surface area contributed by atoms with Crippen LogP contribution in [0.2, 0.25) is 0 Å². The van der Waals surface area contributed by atoms with Gasteiger partial charge in [0.05, 0.1) is 0 Å². The number of aliphatic imine (C=N–C) groups is 1. The Bertz CT molecular complexity index is 602. The van der Waals surface area contributed by atoms with Gasteiger partial charge in [0.25, 0.3) is 0 Å². The zero-order valence-corrected chi connectivity index (χ0v) is 10.2. The fourth-order valence-electron chi connectivity index (χ4n) is 2.01. The smallest absolute Gasteiger partial charge is 0.0435 e. The van der Waals surface area contributed by atoms with Gasteiger partial charge < -0.3 is 0 Å². The van der Waals surface area contributed by atoms with E-state index in [9.17, 15) is 0 Å². The molecule has 0 atom stereocenters. The normalized spacial score (nSPS) is 14.3. The van der Waals surface area contributed by atoms with E-state index in [2.05, 4.69) is 48.5 Å². The predicted octanol–water partition coefficient (Wildman–Crippen LogP) is 4.33. The van der Waals surface area contributed by atoms with Gasteiger partial charge >= 0.3 is 0 Å². The summed E-state index contributed by atoms with van der Waals surface area (Å²) in [6, 6.07) is 6.47. The maximum atomic E-state index is 4.58. The van der Waals surface area contributed by atoms with Gasteiger partial charge in [-0.3, -0.25) is 4.99 Å². The summed E-state index contributed by atoms with van der Waals surface area (Å²) in [5, 5.41) is 3.54. The zero-order valence-electron chi connectivity index (χ0n) is 9.40. The average Bonchev–Trinajstić information content (AvgIpc) is 2.57.